The van der Waals surface area contributed by atoms with Gasteiger partial charge in [-0.2, -0.15) is 18.3 Å². The molecule has 3 heterocycles. The number of carbonyl (C=O) groups excluding carboxylic acids is 1. The van der Waals surface area contributed by atoms with Crippen molar-refractivity contribution in [1.82, 2.24) is 19.7 Å². The largest absolute Gasteiger partial charge is 0.493 e. The molecule has 0 spiro atoms. The molecule has 4 aromatic rings. The van der Waals surface area contributed by atoms with Gasteiger partial charge in [-0.25, -0.2) is 4.98 Å². The summed E-state index contributed by atoms with van der Waals surface area (Å²) in [5.41, 5.74) is 0.656. The summed E-state index contributed by atoms with van der Waals surface area (Å²) in [5, 5.41) is 7.29. The van der Waals surface area contributed by atoms with Crippen LogP contribution in [0.4, 0.5) is 19.0 Å². The van der Waals surface area contributed by atoms with Crippen molar-refractivity contribution < 1.29 is 36.9 Å². The van der Waals surface area contributed by atoms with E-state index in [-0.39, 0.29) is 17.3 Å². The Morgan fingerprint density at radius 2 is 1.79 bits per heavy atom. The van der Waals surface area contributed by atoms with Crippen LogP contribution in [-0.4, -0.2) is 52.7 Å². The minimum Gasteiger partial charge on any atom is -0.493 e. The highest BCUT2D eigenvalue weighted by molar-refractivity contribution is 6.04. The van der Waals surface area contributed by atoms with E-state index in [1.54, 1.807) is 37.4 Å². The van der Waals surface area contributed by atoms with E-state index in [1.807, 2.05) is 0 Å². The zero-order valence-corrected chi connectivity index (χ0v) is 20.9. The van der Waals surface area contributed by atoms with Crippen molar-refractivity contribution in [3.05, 3.63) is 54.1 Å². The number of alkyl halides is 3. The lowest BCUT2D eigenvalue weighted by molar-refractivity contribution is -0.153. The first-order valence-corrected chi connectivity index (χ1v) is 11.4. The van der Waals surface area contributed by atoms with Gasteiger partial charge in [-0.3, -0.25) is 14.5 Å². The lowest BCUT2D eigenvalue weighted by atomic mass is 10.2. The zero-order chi connectivity index (χ0) is 27.4. The smallest absolute Gasteiger partial charge is 0.422 e. The molecule has 200 valence electrons. The number of methoxy groups -OCH3 is 2. The van der Waals surface area contributed by atoms with Crippen molar-refractivity contribution >= 4 is 22.6 Å². The molecule has 0 bridgehead atoms. The van der Waals surface area contributed by atoms with E-state index in [9.17, 15) is 18.0 Å². The van der Waals surface area contributed by atoms with Crippen molar-refractivity contribution in [1.29, 1.82) is 0 Å². The molecule has 1 amide bonds. The average Bonchev–Trinajstić information content (AvgIpc) is 3.22. The number of nitrogens with one attached hydrogen (secondary N) is 1. The third-order valence-electron chi connectivity index (χ3n) is 5.46. The molecule has 0 radical (unpaired) electrons. The van der Waals surface area contributed by atoms with Gasteiger partial charge >= 0.3 is 6.18 Å². The van der Waals surface area contributed by atoms with Crippen molar-refractivity contribution in [3.8, 4) is 28.7 Å². The van der Waals surface area contributed by atoms with Crippen LogP contribution in [-0.2, 0) is 6.54 Å². The fraction of sp³-hybridized carbons (Fsp3) is 0.280. The highest BCUT2D eigenvalue weighted by atomic mass is 19.4. The van der Waals surface area contributed by atoms with Gasteiger partial charge in [0.25, 0.3) is 5.91 Å². The Morgan fingerprint density at radius 1 is 1.05 bits per heavy atom. The van der Waals surface area contributed by atoms with E-state index in [2.05, 4.69) is 20.4 Å². The molecular formula is C25H24F3N5O5. The Bertz CT molecular complexity index is 1450. The molecule has 3 aromatic heterocycles. The number of anilines is 1. The van der Waals surface area contributed by atoms with Gasteiger partial charge < -0.3 is 24.3 Å². The molecule has 1 N–H and O–H groups in total. The van der Waals surface area contributed by atoms with Crippen LogP contribution in [0.3, 0.4) is 0 Å². The Balaban J connectivity index is 1.52. The topological polar surface area (TPSA) is 110 Å². The van der Waals surface area contributed by atoms with E-state index < -0.39 is 18.7 Å². The van der Waals surface area contributed by atoms with Crippen LogP contribution >= 0.6 is 0 Å². The van der Waals surface area contributed by atoms with Crippen molar-refractivity contribution in [2.24, 2.45) is 0 Å². The summed E-state index contributed by atoms with van der Waals surface area (Å²) < 4.78 is 61.0. The standard InChI is InChI=1S/C25H24F3N5O5/c1-5-33-14(2)23(37-13-25(26,27)28)22(32-33)24(34)31-21-7-6-15(12-30-21)38-18-8-9-29-17-11-20(36-4)19(35-3)10-16(17)18/h6-12H,5,13H2,1-4H3,(H,30,31,34). The summed E-state index contributed by atoms with van der Waals surface area (Å²) in [6, 6.07) is 8.21. The molecule has 0 aliphatic rings. The number of rotatable bonds is 9. The maximum absolute atomic E-state index is 12.8. The van der Waals surface area contributed by atoms with Crippen LogP contribution in [0.25, 0.3) is 10.9 Å². The molecule has 0 atom stereocenters. The van der Waals surface area contributed by atoms with Gasteiger partial charge in [0.2, 0.25) is 0 Å². The predicted octanol–water partition coefficient (Wildman–Crippen LogP) is 5.16. The second-order valence-electron chi connectivity index (χ2n) is 7.95. The Labute approximate surface area is 215 Å². The first-order valence-electron chi connectivity index (χ1n) is 11.4. The zero-order valence-electron chi connectivity index (χ0n) is 20.9. The summed E-state index contributed by atoms with van der Waals surface area (Å²) in [5.74, 6) is 1.02. The molecule has 4 rings (SSSR count). The highest BCUT2D eigenvalue weighted by Gasteiger charge is 2.31. The van der Waals surface area contributed by atoms with E-state index in [1.165, 1.54) is 38.1 Å². The number of pyridine rings is 2. The number of hydrogen-bond acceptors (Lipinski definition) is 8. The number of aryl methyl sites for hydroxylation is 1. The lowest BCUT2D eigenvalue weighted by Gasteiger charge is -2.12. The van der Waals surface area contributed by atoms with Gasteiger partial charge in [-0.15, -0.1) is 0 Å². The van der Waals surface area contributed by atoms with Crippen LogP contribution in [0.1, 0.15) is 23.1 Å². The van der Waals surface area contributed by atoms with Crippen LogP contribution in [0.2, 0.25) is 0 Å². The molecule has 0 aliphatic heterocycles. The van der Waals surface area contributed by atoms with Crippen molar-refractivity contribution in [2.75, 3.05) is 26.1 Å². The van der Waals surface area contributed by atoms with E-state index in [0.717, 1.165) is 0 Å². The summed E-state index contributed by atoms with van der Waals surface area (Å²) in [7, 11) is 3.06. The normalized spacial score (nSPS) is 11.3. The molecule has 10 nitrogen and oxygen atoms in total. The first kappa shape index (κ1) is 26.5. The highest BCUT2D eigenvalue weighted by Crippen LogP contribution is 2.37. The molecule has 0 aliphatic carbocycles. The monoisotopic (exact) mass is 531 g/mol. The van der Waals surface area contributed by atoms with Crippen molar-refractivity contribution in [3.63, 3.8) is 0 Å². The fourth-order valence-corrected chi connectivity index (χ4v) is 3.67. The summed E-state index contributed by atoms with van der Waals surface area (Å²) >= 11 is 0. The molecule has 1 aromatic carbocycles. The molecular weight excluding hydrogens is 507 g/mol. The first-order chi connectivity index (χ1) is 18.1. The minimum atomic E-state index is -4.57. The number of halogens is 3. The molecule has 0 fully saturated rings. The van der Waals surface area contributed by atoms with Gasteiger partial charge in [-0.05, 0) is 38.1 Å². The number of hydrogen-bond donors (Lipinski definition) is 1. The number of ether oxygens (including phenoxy) is 4. The SMILES string of the molecule is CCn1nc(C(=O)Nc2ccc(Oc3ccnc4cc(OC)c(OC)cc34)cn2)c(OCC(F)(F)F)c1C. The van der Waals surface area contributed by atoms with Gasteiger partial charge in [0.1, 0.15) is 17.3 Å². The third-order valence-corrected chi connectivity index (χ3v) is 5.46. The maximum Gasteiger partial charge on any atom is 0.422 e. The number of benzene rings is 1. The Morgan fingerprint density at radius 3 is 2.42 bits per heavy atom. The summed E-state index contributed by atoms with van der Waals surface area (Å²) in [6.45, 7) is 2.07. The minimum absolute atomic E-state index is 0.138. The van der Waals surface area contributed by atoms with Gasteiger partial charge in [0.05, 0.1) is 31.6 Å². The molecule has 0 unspecified atom stereocenters. The maximum atomic E-state index is 12.8. The van der Waals surface area contributed by atoms with Crippen LogP contribution in [0.15, 0.2) is 42.7 Å². The number of aromatic nitrogens is 4. The van der Waals surface area contributed by atoms with Crippen LogP contribution in [0.5, 0.6) is 28.7 Å². The second-order valence-corrected chi connectivity index (χ2v) is 7.95. The number of carbonyl (C=O) groups is 1. The van der Waals surface area contributed by atoms with E-state index >= 15 is 0 Å². The predicted molar refractivity (Wildman–Crippen MR) is 131 cm³/mol. The number of amides is 1. The molecule has 0 saturated carbocycles. The molecule has 0 saturated heterocycles. The van der Waals surface area contributed by atoms with E-state index in [4.69, 9.17) is 18.9 Å². The second kappa shape index (κ2) is 10.8. The summed E-state index contributed by atoms with van der Waals surface area (Å²) in [6.07, 6.45) is -1.59. The Hall–Kier alpha value is -4.55. The third kappa shape index (κ3) is 5.71. The number of fused-ring (bicyclic) bond motifs is 1. The van der Waals surface area contributed by atoms with Crippen LogP contribution in [0, 0.1) is 6.92 Å². The van der Waals surface area contributed by atoms with Crippen molar-refractivity contribution in [2.45, 2.75) is 26.6 Å². The van der Waals surface area contributed by atoms with E-state index in [0.29, 0.717) is 46.1 Å². The van der Waals surface area contributed by atoms with Gasteiger partial charge in [-0.1, -0.05) is 0 Å². The molecule has 13 heteroatoms. The van der Waals surface area contributed by atoms with Gasteiger partial charge in [0.15, 0.2) is 29.5 Å². The quantitative estimate of drug-likeness (QED) is 0.316. The Kier molecular flexibility index (Phi) is 7.55. The average molecular weight is 531 g/mol. The summed E-state index contributed by atoms with van der Waals surface area (Å²) in [4.78, 5) is 21.3. The molecule has 38 heavy (non-hydrogen) atoms. The number of nitrogens with zero attached hydrogens (tertiary/aromatic N) is 4. The van der Waals surface area contributed by atoms with Gasteiger partial charge in [0, 0.05) is 24.2 Å². The van der Waals surface area contributed by atoms with Crippen LogP contribution < -0.4 is 24.3 Å². The fourth-order valence-electron chi connectivity index (χ4n) is 3.67. The lowest BCUT2D eigenvalue weighted by Crippen LogP contribution is -2.21.